The number of carbonyl (C=O) groups is 1. The third-order valence-electron chi connectivity index (χ3n) is 5.65. The second-order valence-electron chi connectivity index (χ2n) is 8.38. The first-order valence-corrected chi connectivity index (χ1v) is 13.6. The zero-order valence-electron chi connectivity index (χ0n) is 20.5. The number of hydrogen-bond donors (Lipinski definition) is 2. The molecule has 0 saturated carbocycles. The highest BCUT2D eigenvalue weighted by molar-refractivity contribution is 7.14. The van der Waals surface area contributed by atoms with Crippen LogP contribution in [-0.4, -0.2) is 17.1 Å². The molecule has 0 radical (unpaired) electrons. The predicted octanol–water partition coefficient (Wildman–Crippen LogP) is 8.20. The van der Waals surface area contributed by atoms with Gasteiger partial charge in [0.15, 0.2) is 5.13 Å². The molecule has 9 heteroatoms. The summed E-state index contributed by atoms with van der Waals surface area (Å²) in [4.78, 5) is 17.2. The lowest BCUT2D eigenvalue weighted by Crippen LogP contribution is -2.17. The number of para-hydroxylation sites is 1. The fraction of sp³-hybridized carbons (Fsp3) is 0.0333. The third-order valence-corrected chi connectivity index (χ3v) is 7.07. The fourth-order valence-corrected chi connectivity index (χ4v) is 4.79. The SMILES string of the molecule is O=C(N/N=C\c1ccc(OCc2ccccc2Cl)c(Cl)c1)c1ccc(-c2csc(Nc3ccccc3)n2)cc1. The molecular formula is C30H22Cl2N4O2S. The predicted molar refractivity (Wildman–Crippen MR) is 160 cm³/mol. The molecule has 0 bridgehead atoms. The van der Waals surface area contributed by atoms with E-state index in [0.717, 1.165) is 27.6 Å². The molecule has 6 nitrogen and oxygen atoms in total. The zero-order valence-corrected chi connectivity index (χ0v) is 22.8. The molecule has 0 saturated heterocycles. The maximum Gasteiger partial charge on any atom is 0.271 e. The zero-order chi connectivity index (χ0) is 27.0. The Kier molecular flexibility index (Phi) is 8.53. The molecular weight excluding hydrogens is 551 g/mol. The van der Waals surface area contributed by atoms with Crippen molar-refractivity contribution in [2.45, 2.75) is 6.61 Å². The van der Waals surface area contributed by atoms with Gasteiger partial charge in [-0.15, -0.1) is 11.3 Å². The normalized spacial score (nSPS) is 10.9. The standard InChI is InChI=1S/C30H22Cl2N4O2S/c31-25-9-5-4-6-23(25)18-38-28-15-10-20(16-26(28)32)17-33-36-29(37)22-13-11-21(12-14-22)27-19-39-30(35-27)34-24-7-2-1-3-8-24/h1-17,19H,18H2,(H,34,35)(H,36,37)/b33-17-. The third kappa shape index (κ3) is 7.03. The van der Waals surface area contributed by atoms with Crippen molar-refractivity contribution >= 4 is 57.5 Å². The summed E-state index contributed by atoms with van der Waals surface area (Å²) < 4.78 is 5.79. The number of hydrazone groups is 1. The largest absolute Gasteiger partial charge is 0.487 e. The van der Waals surface area contributed by atoms with Gasteiger partial charge in [0.05, 0.1) is 16.9 Å². The quantitative estimate of drug-likeness (QED) is 0.138. The highest BCUT2D eigenvalue weighted by Gasteiger charge is 2.09. The Labute approximate surface area is 239 Å². The van der Waals surface area contributed by atoms with Crippen molar-refractivity contribution in [2.24, 2.45) is 5.10 Å². The Balaban J connectivity index is 1.15. The van der Waals surface area contributed by atoms with Crippen LogP contribution < -0.4 is 15.5 Å². The molecule has 194 valence electrons. The van der Waals surface area contributed by atoms with E-state index in [1.54, 1.807) is 30.3 Å². The molecule has 1 aromatic heterocycles. The molecule has 0 fully saturated rings. The van der Waals surface area contributed by atoms with Crippen molar-refractivity contribution < 1.29 is 9.53 Å². The Morgan fingerprint density at radius 2 is 1.69 bits per heavy atom. The molecule has 4 aromatic carbocycles. The molecule has 0 aliphatic rings. The maximum absolute atomic E-state index is 12.6. The second kappa shape index (κ2) is 12.6. The summed E-state index contributed by atoms with van der Waals surface area (Å²) in [5.74, 6) is 0.203. The van der Waals surface area contributed by atoms with E-state index in [-0.39, 0.29) is 5.91 Å². The Morgan fingerprint density at radius 3 is 2.46 bits per heavy atom. The average molecular weight is 574 g/mol. The van der Waals surface area contributed by atoms with Crippen LogP contribution >= 0.6 is 34.5 Å². The van der Waals surface area contributed by atoms with Crippen molar-refractivity contribution in [3.05, 3.63) is 129 Å². The van der Waals surface area contributed by atoms with Gasteiger partial charge < -0.3 is 10.1 Å². The lowest BCUT2D eigenvalue weighted by molar-refractivity contribution is 0.0955. The summed E-state index contributed by atoms with van der Waals surface area (Å²) in [5.41, 5.74) is 7.33. The lowest BCUT2D eigenvalue weighted by Gasteiger charge is -2.09. The van der Waals surface area contributed by atoms with Crippen molar-refractivity contribution in [3.8, 4) is 17.0 Å². The van der Waals surface area contributed by atoms with E-state index in [0.29, 0.717) is 33.5 Å². The first-order valence-electron chi connectivity index (χ1n) is 11.9. The van der Waals surface area contributed by atoms with Crippen molar-refractivity contribution in [3.63, 3.8) is 0 Å². The van der Waals surface area contributed by atoms with E-state index < -0.39 is 0 Å². The molecule has 0 aliphatic heterocycles. The smallest absolute Gasteiger partial charge is 0.271 e. The van der Waals surface area contributed by atoms with Crippen LogP contribution in [0.4, 0.5) is 10.8 Å². The molecule has 39 heavy (non-hydrogen) atoms. The molecule has 0 atom stereocenters. The monoisotopic (exact) mass is 572 g/mol. The van der Waals surface area contributed by atoms with Gasteiger partial charge in [0.2, 0.25) is 0 Å². The van der Waals surface area contributed by atoms with Crippen LogP contribution in [0.15, 0.2) is 108 Å². The number of benzene rings is 4. The Bertz CT molecular complexity index is 1610. The van der Waals surface area contributed by atoms with E-state index in [4.69, 9.17) is 27.9 Å². The van der Waals surface area contributed by atoms with Crippen molar-refractivity contribution in [1.82, 2.24) is 10.4 Å². The van der Waals surface area contributed by atoms with Gasteiger partial charge in [-0.3, -0.25) is 4.79 Å². The summed E-state index contributed by atoms with van der Waals surface area (Å²) in [5, 5.41) is 11.2. The van der Waals surface area contributed by atoms with E-state index in [1.165, 1.54) is 17.6 Å². The summed E-state index contributed by atoms with van der Waals surface area (Å²) in [6.45, 7) is 0.301. The number of carbonyl (C=O) groups excluding carboxylic acids is 1. The van der Waals surface area contributed by atoms with Crippen LogP contribution in [0.2, 0.25) is 10.0 Å². The molecule has 0 unspecified atom stereocenters. The number of thiazole rings is 1. The lowest BCUT2D eigenvalue weighted by atomic mass is 10.1. The number of amides is 1. The number of nitrogens with one attached hydrogen (secondary N) is 2. The average Bonchev–Trinajstić information content (AvgIpc) is 3.42. The van der Waals surface area contributed by atoms with E-state index in [2.05, 4.69) is 20.8 Å². The van der Waals surface area contributed by atoms with Gasteiger partial charge in [-0.25, -0.2) is 10.4 Å². The van der Waals surface area contributed by atoms with Crippen molar-refractivity contribution in [1.29, 1.82) is 0 Å². The van der Waals surface area contributed by atoms with E-state index >= 15 is 0 Å². The van der Waals surface area contributed by atoms with Crippen LogP contribution in [0, 0.1) is 0 Å². The van der Waals surface area contributed by atoms with Crippen LogP contribution in [0.25, 0.3) is 11.3 Å². The van der Waals surface area contributed by atoms with Gasteiger partial charge >= 0.3 is 0 Å². The van der Waals surface area contributed by atoms with Crippen LogP contribution in [-0.2, 0) is 6.61 Å². The van der Waals surface area contributed by atoms with Crippen LogP contribution in [0.1, 0.15) is 21.5 Å². The molecule has 2 N–H and O–H groups in total. The molecule has 1 amide bonds. The number of halogens is 2. The van der Waals surface area contributed by atoms with Gasteiger partial charge in [0.25, 0.3) is 5.91 Å². The fourth-order valence-electron chi connectivity index (χ4n) is 3.62. The summed E-state index contributed by atoms with van der Waals surface area (Å²) in [7, 11) is 0. The second-order valence-corrected chi connectivity index (χ2v) is 10.0. The van der Waals surface area contributed by atoms with Gasteiger partial charge in [0.1, 0.15) is 12.4 Å². The number of nitrogens with zero attached hydrogens (tertiary/aromatic N) is 2. The minimum atomic E-state index is -0.326. The van der Waals surface area contributed by atoms with Gasteiger partial charge in [-0.2, -0.15) is 5.10 Å². The van der Waals surface area contributed by atoms with Crippen LogP contribution in [0.5, 0.6) is 5.75 Å². The van der Waals surface area contributed by atoms with Gasteiger partial charge in [0, 0.05) is 32.8 Å². The highest BCUT2D eigenvalue weighted by atomic mass is 35.5. The summed E-state index contributed by atoms with van der Waals surface area (Å²) >= 11 is 14.1. The molecule has 5 rings (SSSR count). The molecule has 0 spiro atoms. The first kappa shape index (κ1) is 26.4. The van der Waals surface area contributed by atoms with Crippen LogP contribution in [0.3, 0.4) is 0 Å². The van der Waals surface area contributed by atoms with Gasteiger partial charge in [-0.1, -0.05) is 71.7 Å². The summed E-state index contributed by atoms with van der Waals surface area (Å²) in [6, 6.07) is 29.8. The topological polar surface area (TPSA) is 75.6 Å². The van der Waals surface area contributed by atoms with E-state index in [1.807, 2.05) is 72.1 Å². The number of rotatable bonds is 9. The number of aromatic nitrogens is 1. The van der Waals surface area contributed by atoms with Gasteiger partial charge in [-0.05, 0) is 54.1 Å². The molecule has 0 aliphatic carbocycles. The highest BCUT2D eigenvalue weighted by Crippen LogP contribution is 2.28. The molecule has 1 heterocycles. The molecule has 5 aromatic rings. The minimum Gasteiger partial charge on any atom is -0.487 e. The maximum atomic E-state index is 12.6. The summed E-state index contributed by atoms with van der Waals surface area (Å²) in [6.07, 6.45) is 1.52. The minimum absolute atomic E-state index is 0.301. The number of hydrogen-bond acceptors (Lipinski definition) is 6. The first-order chi connectivity index (χ1) is 19.0. The Hall–Kier alpha value is -4.17. The Morgan fingerprint density at radius 1 is 0.923 bits per heavy atom. The number of ether oxygens (including phenoxy) is 1. The van der Waals surface area contributed by atoms with Crippen molar-refractivity contribution in [2.75, 3.05) is 5.32 Å². The number of anilines is 2. The van der Waals surface area contributed by atoms with E-state index in [9.17, 15) is 4.79 Å².